The zero-order valence-corrected chi connectivity index (χ0v) is 39.0. The Morgan fingerprint density at radius 2 is 0.871 bits per heavy atom. The number of furan rings is 1. The van der Waals surface area contributed by atoms with Crippen LogP contribution in [0.3, 0.4) is 0 Å². The minimum absolute atomic E-state index is 0.196. The minimum atomic E-state index is -0.562. The second-order valence-electron chi connectivity index (χ2n) is 19.6. The monoisotopic (exact) mass is 893 g/mol. The topological polar surface area (TPSA) is 16.4 Å². The molecule has 0 spiro atoms. The van der Waals surface area contributed by atoms with Gasteiger partial charge in [-0.25, -0.2) is 0 Å². The van der Waals surface area contributed by atoms with Gasteiger partial charge in [0.05, 0.1) is 11.1 Å². The molecule has 0 amide bonds. The second kappa shape index (κ2) is 15.4. The average Bonchev–Trinajstić information content (AvgIpc) is 4.03. The van der Waals surface area contributed by atoms with Crippen LogP contribution in [0, 0.1) is 0 Å². The summed E-state index contributed by atoms with van der Waals surface area (Å²) in [6, 6.07) is 91.8. The Bertz CT molecular complexity index is 3970. The van der Waals surface area contributed by atoms with E-state index in [1.165, 1.54) is 66.8 Å². The maximum absolute atomic E-state index is 7.17. The molecule has 2 aliphatic rings. The summed E-state index contributed by atoms with van der Waals surface area (Å²) in [6.07, 6.45) is 0. The lowest BCUT2D eigenvalue weighted by Gasteiger charge is -2.35. The molecule has 0 unspecified atom stereocenters. The highest BCUT2D eigenvalue weighted by Gasteiger charge is 2.46. The molecule has 70 heavy (non-hydrogen) atoms. The molecule has 12 aromatic rings. The maximum atomic E-state index is 7.17. The van der Waals surface area contributed by atoms with E-state index in [1.54, 1.807) is 0 Å². The van der Waals surface area contributed by atoms with Crippen LogP contribution in [0.15, 0.2) is 253 Å². The molecule has 0 saturated carbocycles. The van der Waals surface area contributed by atoms with E-state index in [9.17, 15) is 0 Å². The van der Waals surface area contributed by atoms with Crippen LogP contribution >= 0.6 is 0 Å². The number of rotatable bonds is 7. The molecule has 0 N–H and O–H groups in total. The van der Waals surface area contributed by atoms with E-state index >= 15 is 0 Å². The number of fused-ring (bicyclic) bond motifs is 11. The molecule has 0 aliphatic heterocycles. The Morgan fingerprint density at radius 1 is 0.343 bits per heavy atom. The fraction of sp³-hybridized carbons (Fsp3) is 0.0588. The van der Waals surface area contributed by atoms with Crippen molar-refractivity contribution in [2.45, 2.75) is 24.7 Å². The van der Waals surface area contributed by atoms with Gasteiger partial charge in [0.2, 0.25) is 0 Å². The Morgan fingerprint density at radius 3 is 1.57 bits per heavy atom. The Balaban J connectivity index is 1.06. The van der Waals surface area contributed by atoms with Gasteiger partial charge in [-0.3, -0.25) is 0 Å². The van der Waals surface area contributed by atoms with Crippen molar-refractivity contribution in [2.24, 2.45) is 0 Å². The number of hydrogen-bond acceptors (Lipinski definition) is 2. The lowest BCUT2D eigenvalue weighted by atomic mass is 9.67. The first-order valence-electron chi connectivity index (χ1n) is 24.4. The zero-order chi connectivity index (χ0) is 46.6. The third kappa shape index (κ3) is 5.87. The molecule has 330 valence electrons. The number of nitrogens with zero attached hydrogens (tertiary/aromatic N) is 1. The first-order valence-corrected chi connectivity index (χ1v) is 24.4. The molecule has 1 heterocycles. The molecule has 2 aliphatic carbocycles. The van der Waals surface area contributed by atoms with Gasteiger partial charge in [-0.2, -0.15) is 0 Å². The van der Waals surface area contributed by atoms with Gasteiger partial charge in [-0.05, 0) is 120 Å². The molecule has 2 heteroatoms. The predicted molar refractivity (Wildman–Crippen MR) is 292 cm³/mol. The fourth-order valence-corrected chi connectivity index (χ4v) is 12.3. The zero-order valence-electron chi connectivity index (χ0n) is 39.0. The highest BCUT2D eigenvalue weighted by molar-refractivity contribution is 6.20. The molecule has 14 rings (SSSR count). The molecule has 11 aromatic carbocycles. The highest BCUT2D eigenvalue weighted by Crippen LogP contribution is 2.58. The van der Waals surface area contributed by atoms with E-state index in [0.29, 0.717) is 0 Å². The maximum Gasteiger partial charge on any atom is 0.143 e. The van der Waals surface area contributed by atoms with Gasteiger partial charge in [0.1, 0.15) is 11.2 Å². The van der Waals surface area contributed by atoms with Crippen LogP contribution in [0.5, 0.6) is 0 Å². The summed E-state index contributed by atoms with van der Waals surface area (Å²) < 4.78 is 7.17. The van der Waals surface area contributed by atoms with Gasteiger partial charge in [0, 0.05) is 39.0 Å². The van der Waals surface area contributed by atoms with Crippen LogP contribution < -0.4 is 4.90 Å². The van der Waals surface area contributed by atoms with Crippen molar-refractivity contribution in [1.82, 2.24) is 0 Å². The Hall–Kier alpha value is -8.72. The van der Waals surface area contributed by atoms with E-state index in [-0.39, 0.29) is 5.41 Å². The van der Waals surface area contributed by atoms with Crippen molar-refractivity contribution in [2.75, 3.05) is 4.90 Å². The van der Waals surface area contributed by atoms with Crippen molar-refractivity contribution in [3.8, 4) is 44.5 Å². The summed E-state index contributed by atoms with van der Waals surface area (Å²) in [6.45, 7) is 4.74. The largest absolute Gasteiger partial charge is 0.455 e. The Kier molecular flexibility index (Phi) is 8.88. The average molecular weight is 894 g/mol. The quantitative estimate of drug-likeness (QED) is 0.158. The predicted octanol–water partition coefficient (Wildman–Crippen LogP) is 18.2. The SMILES string of the molecule is CC1(C)c2ccccc2-c2ccc(N(c3ccc4c(c3)C(c3ccccc3)(c3ccccc3)c3ccccc3-4)c3cc(-c4ccc(-c5ccccc5)cc4)c4c(c3)oc3c5ccccc5ccc34)cc21. The number of hydrogen-bond donors (Lipinski definition) is 0. The fourth-order valence-electron chi connectivity index (χ4n) is 12.3. The third-order valence-corrected chi connectivity index (χ3v) is 15.5. The summed E-state index contributed by atoms with van der Waals surface area (Å²) in [7, 11) is 0. The summed E-state index contributed by atoms with van der Waals surface area (Å²) in [5.74, 6) is 0. The summed E-state index contributed by atoms with van der Waals surface area (Å²) in [4.78, 5) is 2.48. The molecule has 2 nitrogen and oxygen atoms in total. The van der Waals surface area contributed by atoms with Crippen molar-refractivity contribution < 1.29 is 4.42 Å². The second-order valence-corrected chi connectivity index (χ2v) is 19.6. The third-order valence-electron chi connectivity index (χ3n) is 15.5. The minimum Gasteiger partial charge on any atom is -0.455 e. The van der Waals surface area contributed by atoms with Crippen molar-refractivity contribution >= 4 is 49.8 Å². The van der Waals surface area contributed by atoms with Crippen LogP contribution in [-0.4, -0.2) is 0 Å². The molecule has 1 aromatic heterocycles. The summed E-state index contributed by atoms with van der Waals surface area (Å²) in [5.41, 5.74) is 21.6. The highest BCUT2D eigenvalue weighted by atomic mass is 16.3. The molecule has 0 atom stereocenters. The lowest BCUT2D eigenvalue weighted by Crippen LogP contribution is -2.28. The molecule has 0 saturated heterocycles. The van der Waals surface area contributed by atoms with Gasteiger partial charge >= 0.3 is 0 Å². The van der Waals surface area contributed by atoms with E-state index in [4.69, 9.17) is 4.42 Å². The van der Waals surface area contributed by atoms with Crippen LogP contribution in [0.1, 0.15) is 47.2 Å². The van der Waals surface area contributed by atoms with Crippen molar-refractivity contribution in [3.63, 3.8) is 0 Å². The number of benzene rings is 11. The smallest absolute Gasteiger partial charge is 0.143 e. The summed E-state index contributed by atoms with van der Waals surface area (Å²) >= 11 is 0. The molecule has 0 radical (unpaired) electrons. The lowest BCUT2D eigenvalue weighted by molar-refractivity contribution is 0.660. The van der Waals surface area contributed by atoms with Gasteiger partial charge in [0.15, 0.2) is 0 Å². The summed E-state index contributed by atoms with van der Waals surface area (Å²) in [5, 5.41) is 4.48. The molecular formula is C68H47NO. The first kappa shape index (κ1) is 40.4. The van der Waals surface area contributed by atoms with E-state index in [1.807, 2.05) is 0 Å². The van der Waals surface area contributed by atoms with Crippen molar-refractivity contribution in [3.05, 3.63) is 282 Å². The van der Waals surface area contributed by atoms with E-state index in [2.05, 4.69) is 267 Å². The standard InChI is InChI=1S/C68H47NO/c1-67(2)60-28-16-14-26-54(60)56-38-35-50(41-62(56)67)69(51-36-39-57-55-27-15-17-29-61(55)68(63(57)42-51,48-21-8-4-9-22-48)49-23-10-5-11-24-49)52-40-59(47-32-30-45(31-33-47)44-18-6-3-7-19-44)65-58-37-34-46-20-12-13-25-53(46)66(58)70-64(65)43-52/h3-43H,1-2H3. The van der Waals surface area contributed by atoms with Crippen LogP contribution in [0.2, 0.25) is 0 Å². The van der Waals surface area contributed by atoms with Crippen LogP contribution in [-0.2, 0) is 10.8 Å². The molecular weight excluding hydrogens is 847 g/mol. The van der Waals surface area contributed by atoms with E-state index in [0.717, 1.165) is 60.9 Å². The van der Waals surface area contributed by atoms with Gasteiger partial charge in [-0.15, -0.1) is 0 Å². The van der Waals surface area contributed by atoms with Crippen LogP contribution in [0.4, 0.5) is 17.1 Å². The van der Waals surface area contributed by atoms with Crippen molar-refractivity contribution in [1.29, 1.82) is 0 Å². The van der Waals surface area contributed by atoms with E-state index < -0.39 is 5.41 Å². The first-order chi connectivity index (χ1) is 34.5. The van der Waals surface area contributed by atoms with Gasteiger partial charge < -0.3 is 9.32 Å². The normalized spacial score (nSPS) is 13.8. The van der Waals surface area contributed by atoms with Gasteiger partial charge in [-0.1, -0.05) is 220 Å². The molecule has 0 bridgehead atoms. The molecule has 0 fully saturated rings. The Labute approximate surface area is 408 Å². The van der Waals surface area contributed by atoms with Gasteiger partial charge in [0.25, 0.3) is 0 Å². The number of anilines is 3. The van der Waals surface area contributed by atoms with Crippen LogP contribution in [0.25, 0.3) is 77.2 Å².